The number of para-hydroxylation sites is 1. The molecule has 32 heavy (non-hydrogen) atoms. The van der Waals surface area contributed by atoms with Gasteiger partial charge in [-0.15, -0.1) is 24.0 Å². The van der Waals surface area contributed by atoms with E-state index in [1.54, 1.807) is 11.9 Å². The van der Waals surface area contributed by atoms with Crippen LogP contribution in [0.3, 0.4) is 0 Å². The van der Waals surface area contributed by atoms with Gasteiger partial charge < -0.3 is 20.9 Å². The molecule has 1 aromatic carbocycles. The Morgan fingerprint density at radius 2 is 1.91 bits per heavy atom. The molecular formula is C19H23F5IN7. The van der Waals surface area contributed by atoms with Crippen LogP contribution in [0.1, 0.15) is 12.1 Å². The van der Waals surface area contributed by atoms with Crippen LogP contribution in [0.5, 0.6) is 0 Å². The monoisotopic (exact) mass is 571 g/mol. The van der Waals surface area contributed by atoms with Gasteiger partial charge in [0.25, 0.3) is 0 Å². The highest BCUT2D eigenvalue weighted by molar-refractivity contribution is 14.0. The van der Waals surface area contributed by atoms with Gasteiger partial charge in [0.05, 0.1) is 0 Å². The first-order chi connectivity index (χ1) is 14.8. The molecule has 0 aliphatic carbocycles. The summed E-state index contributed by atoms with van der Waals surface area (Å²) in [4.78, 5) is 12.9. The third-order valence-electron chi connectivity index (χ3n) is 4.65. The minimum absolute atomic E-state index is 0. The zero-order valence-corrected chi connectivity index (χ0v) is 19.4. The lowest BCUT2D eigenvalue weighted by molar-refractivity contribution is -0.141. The SMILES string of the molecule is CN=C(NCCNc1nccc(C(F)(F)F)n1)NC1CCN(c2c(F)cccc2F)C1.I. The molecular weight excluding hydrogens is 548 g/mol. The van der Waals surface area contributed by atoms with Gasteiger partial charge >= 0.3 is 6.18 Å². The molecule has 0 amide bonds. The fourth-order valence-corrected chi connectivity index (χ4v) is 3.22. The maximum atomic E-state index is 14.0. The van der Waals surface area contributed by atoms with E-state index in [1.165, 1.54) is 18.2 Å². The van der Waals surface area contributed by atoms with Gasteiger partial charge in [-0.25, -0.2) is 18.7 Å². The minimum atomic E-state index is -4.54. The Morgan fingerprint density at radius 3 is 2.56 bits per heavy atom. The zero-order valence-electron chi connectivity index (χ0n) is 17.1. The predicted molar refractivity (Wildman–Crippen MR) is 122 cm³/mol. The summed E-state index contributed by atoms with van der Waals surface area (Å²) >= 11 is 0. The normalized spacial score (nSPS) is 16.5. The minimum Gasteiger partial charge on any atom is -0.365 e. The fourth-order valence-electron chi connectivity index (χ4n) is 3.22. The average molecular weight is 571 g/mol. The first-order valence-electron chi connectivity index (χ1n) is 9.58. The van der Waals surface area contributed by atoms with Crippen LogP contribution in [-0.2, 0) is 6.18 Å². The van der Waals surface area contributed by atoms with Crippen molar-refractivity contribution in [2.24, 2.45) is 4.99 Å². The Bertz CT molecular complexity index is 905. The summed E-state index contributed by atoms with van der Waals surface area (Å²) in [5, 5.41) is 8.91. The molecule has 1 unspecified atom stereocenters. The van der Waals surface area contributed by atoms with Crippen molar-refractivity contribution in [2.45, 2.75) is 18.6 Å². The van der Waals surface area contributed by atoms with E-state index < -0.39 is 23.5 Å². The van der Waals surface area contributed by atoms with Crippen molar-refractivity contribution < 1.29 is 22.0 Å². The van der Waals surface area contributed by atoms with Gasteiger partial charge in [0.15, 0.2) is 5.96 Å². The van der Waals surface area contributed by atoms with Gasteiger partial charge in [0.2, 0.25) is 5.95 Å². The molecule has 3 rings (SSSR count). The second-order valence-corrected chi connectivity index (χ2v) is 6.84. The summed E-state index contributed by atoms with van der Waals surface area (Å²) in [6.45, 7) is 1.47. The van der Waals surface area contributed by atoms with Crippen molar-refractivity contribution >= 4 is 41.6 Å². The van der Waals surface area contributed by atoms with Gasteiger partial charge in [-0.05, 0) is 24.6 Å². The maximum absolute atomic E-state index is 14.0. The lowest BCUT2D eigenvalue weighted by atomic mass is 10.2. The highest BCUT2D eigenvalue weighted by Crippen LogP contribution is 2.28. The van der Waals surface area contributed by atoms with Crippen LogP contribution in [0.15, 0.2) is 35.5 Å². The van der Waals surface area contributed by atoms with E-state index in [9.17, 15) is 22.0 Å². The molecule has 7 nitrogen and oxygen atoms in total. The Labute approximate surface area is 198 Å². The summed E-state index contributed by atoms with van der Waals surface area (Å²) in [7, 11) is 1.57. The number of nitrogens with one attached hydrogen (secondary N) is 3. The number of halogens is 6. The van der Waals surface area contributed by atoms with Crippen LogP contribution >= 0.6 is 24.0 Å². The highest BCUT2D eigenvalue weighted by Gasteiger charge is 2.32. The van der Waals surface area contributed by atoms with Crippen molar-refractivity contribution in [1.82, 2.24) is 20.6 Å². The molecule has 2 heterocycles. The molecule has 176 valence electrons. The van der Waals surface area contributed by atoms with Crippen molar-refractivity contribution in [3.8, 4) is 0 Å². The topological polar surface area (TPSA) is 77.5 Å². The van der Waals surface area contributed by atoms with Crippen LogP contribution in [-0.4, -0.2) is 55.2 Å². The van der Waals surface area contributed by atoms with Gasteiger partial charge in [-0.1, -0.05) is 6.07 Å². The molecule has 0 radical (unpaired) electrons. The number of aliphatic imine (C=N–C) groups is 1. The van der Waals surface area contributed by atoms with E-state index in [1.807, 2.05) is 0 Å². The number of guanidine groups is 1. The summed E-state index contributed by atoms with van der Waals surface area (Å²) < 4.78 is 66.0. The fraction of sp³-hybridized carbons (Fsp3) is 0.421. The quantitative estimate of drug-likeness (QED) is 0.163. The standard InChI is InChI=1S/C19H22F5N7.HI/c1-25-17(27-8-9-28-18-26-7-5-15(30-18)19(22,23)24)29-12-6-10-31(11-12)16-13(20)3-2-4-14(16)21;/h2-5,7,12H,6,8-11H2,1H3,(H2,25,27,29)(H,26,28,30);1H. The van der Waals surface area contributed by atoms with Gasteiger partial charge in [0, 0.05) is 45.5 Å². The Kier molecular flexibility index (Phi) is 9.21. The number of nitrogens with zero attached hydrogens (tertiary/aromatic N) is 4. The summed E-state index contributed by atoms with van der Waals surface area (Å²) in [6.07, 6.45) is -2.84. The molecule has 0 saturated carbocycles. The number of rotatable bonds is 6. The number of hydrogen-bond acceptors (Lipinski definition) is 5. The van der Waals surface area contributed by atoms with E-state index in [2.05, 4.69) is 30.9 Å². The van der Waals surface area contributed by atoms with Crippen LogP contribution in [0.4, 0.5) is 33.6 Å². The summed E-state index contributed by atoms with van der Waals surface area (Å²) in [5.74, 6) is -0.873. The summed E-state index contributed by atoms with van der Waals surface area (Å²) in [5.41, 5.74) is -1.06. The molecule has 1 saturated heterocycles. The van der Waals surface area contributed by atoms with Crippen molar-refractivity contribution in [3.63, 3.8) is 0 Å². The second-order valence-electron chi connectivity index (χ2n) is 6.84. The van der Waals surface area contributed by atoms with Gasteiger partial charge in [0.1, 0.15) is 23.0 Å². The number of hydrogen-bond donors (Lipinski definition) is 3. The molecule has 3 N–H and O–H groups in total. The van der Waals surface area contributed by atoms with E-state index in [0.717, 1.165) is 12.3 Å². The third kappa shape index (κ3) is 6.77. The number of alkyl halides is 3. The van der Waals surface area contributed by atoms with Crippen LogP contribution in [0.2, 0.25) is 0 Å². The van der Waals surface area contributed by atoms with Gasteiger partial charge in [-0.3, -0.25) is 4.99 Å². The van der Waals surface area contributed by atoms with Crippen molar-refractivity contribution in [2.75, 3.05) is 43.4 Å². The Balaban J connectivity index is 0.00000363. The molecule has 0 bridgehead atoms. The molecule has 13 heteroatoms. The lowest BCUT2D eigenvalue weighted by Gasteiger charge is -2.21. The number of benzene rings is 1. The van der Waals surface area contributed by atoms with Gasteiger partial charge in [-0.2, -0.15) is 13.2 Å². The molecule has 1 fully saturated rings. The van der Waals surface area contributed by atoms with Crippen LogP contribution in [0.25, 0.3) is 0 Å². The van der Waals surface area contributed by atoms with Crippen LogP contribution in [0, 0.1) is 11.6 Å². The number of anilines is 2. The molecule has 0 spiro atoms. The molecule has 1 aromatic heterocycles. The Hall–Kier alpha value is -2.45. The maximum Gasteiger partial charge on any atom is 0.433 e. The second kappa shape index (κ2) is 11.4. The Morgan fingerprint density at radius 1 is 1.19 bits per heavy atom. The highest BCUT2D eigenvalue weighted by atomic mass is 127. The van der Waals surface area contributed by atoms with E-state index in [4.69, 9.17) is 0 Å². The van der Waals surface area contributed by atoms with Crippen molar-refractivity contribution in [3.05, 3.63) is 47.8 Å². The molecule has 2 aromatic rings. The third-order valence-corrected chi connectivity index (χ3v) is 4.65. The molecule has 1 aliphatic rings. The molecule has 1 atom stereocenters. The van der Waals surface area contributed by atoms with Crippen molar-refractivity contribution in [1.29, 1.82) is 0 Å². The lowest BCUT2D eigenvalue weighted by Crippen LogP contribution is -2.45. The zero-order chi connectivity index (χ0) is 22.4. The first-order valence-corrected chi connectivity index (χ1v) is 9.58. The molecule has 1 aliphatic heterocycles. The van der Waals surface area contributed by atoms with E-state index in [-0.39, 0.29) is 48.2 Å². The first kappa shape index (κ1) is 25.8. The van der Waals surface area contributed by atoms with E-state index >= 15 is 0 Å². The smallest absolute Gasteiger partial charge is 0.365 e. The van der Waals surface area contributed by atoms with Crippen LogP contribution < -0.4 is 20.9 Å². The predicted octanol–water partition coefficient (Wildman–Crippen LogP) is 3.25. The summed E-state index contributed by atoms with van der Waals surface area (Å²) in [6, 6.07) is 4.49. The average Bonchev–Trinajstić information content (AvgIpc) is 3.17. The largest absolute Gasteiger partial charge is 0.433 e. The number of aromatic nitrogens is 2. The van der Waals surface area contributed by atoms with E-state index in [0.29, 0.717) is 32.0 Å².